The van der Waals surface area contributed by atoms with Gasteiger partial charge in [0.2, 0.25) is 5.95 Å². The van der Waals surface area contributed by atoms with Crippen LogP contribution in [-0.4, -0.2) is 59.3 Å². The number of tetrazole rings is 1. The molecule has 1 aromatic heterocycles. The van der Waals surface area contributed by atoms with E-state index in [1.54, 1.807) is 48.5 Å². The lowest BCUT2D eigenvalue weighted by molar-refractivity contribution is -0.136. The van der Waals surface area contributed by atoms with Gasteiger partial charge < -0.3 is 19.5 Å². The number of carbonyl (C=O) groups is 3. The predicted molar refractivity (Wildman–Crippen MR) is 114 cm³/mol. The molecule has 2 aromatic carbocycles. The molecule has 0 unspecified atom stereocenters. The molecule has 0 saturated heterocycles. The summed E-state index contributed by atoms with van der Waals surface area (Å²) < 4.78 is 16.2. The van der Waals surface area contributed by atoms with Gasteiger partial charge in [0.15, 0.2) is 5.78 Å². The van der Waals surface area contributed by atoms with Gasteiger partial charge in [0.1, 0.15) is 17.5 Å². The number of esters is 2. The van der Waals surface area contributed by atoms with Gasteiger partial charge in [0.25, 0.3) is 0 Å². The Hall–Kier alpha value is -4.54. The zero-order chi connectivity index (χ0) is 23.5. The zero-order valence-corrected chi connectivity index (χ0v) is 17.9. The van der Waals surface area contributed by atoms with Gasteiger partial charge in [0, 0.05) is 5.56 Å². The van der Waals surface area contributed by atoms with E-state index in [9.17, 15) is 14.4 Å². The Labute approximate surface area is 187 Å². The van der Waals surface area contributed by atoms with Crippen LogP contribution in [-0.2, 0) is 14.3 Å². The molecule has 11 nitrogen and oxygen atoms in total. The van der Waals surface area contributed by atoms with Gasteiger partial charge in [-0.2, -0.15) is 4.68 Å². The minimum absolute atomic E-state index is 0.0809. The first-order chi connectivity index (χ1) is 16.0. The molecular weight excluding hydrogens is 430 g/mol. The van der Waals surface area contributed by atoms with Crippen molar-refractivity contribution in [2.45, 2.75) is 6.04 Å². The first-order valence-electron chi connectivity index (χ1n) is 9.72. The van der Waals surface area contributed by atoms with Crippen molar-refractivity contribution in [3.8, 4) is 5.75 Å². The number of methoxy groups -OCH3 is 3. The molecule has 33 heavy (non-hydrogen) atoms. The van der Waals surface area contributed by atoms with Gasteiger partial charge in [-0.05, 0) is 52.4 Å². The van der Waals surface area contributed by atoms with Crippen LogP contribution < -0.4 is 10.1 Å². The van der Waals surface area contributed by atoms with Crippen molar-refractivity contribution >= 4 is 23.7 Å². The molecule has 0 amide bonds. The molecule has 11 heteroatoms. The van der Waals surface area contributed by atoms with E-state index in [1.807, 2.05) is 0 Å². The van der Waals surface area contributed by atoms with Crippen molar-refractivity contribution in [1.82, 2.24) is 20.2 Å². The third-order valence-corrected chi connectivity index (χ3v) is 5.15. The Morgan fingerprint density at radius 1 is 0.879 bits per heavy atom. The van der Waals surface area contributed by atoms with Crippen LogP contribution in [0.4, 0.5) is 5.95 Å². The number of anilines is 1. The molecular formula is C22H19N5O6. The monoisotopic (exact) mass is 449 g/mol. The number of nitrogens with zero attached hydrogens (tertiary/aromatic N) is 4. The fraction of sp³-hybridized carbons (Fsp3) is 0.182. The van der Waals surface area contributed by atoms with Crippen LogP contribution in [0.3, 0.4) is 0 Å². The van der Waals surface area contributed by atoms with Gasteiger partial charge in [0.05, 0.1) is 32.5 Å². The van der Waals surface area contributed by atoms with E-state index in [4.69, 9.17) is 14.2 Å². The fourth-order valence-corrected chi connectivity index (χ4v) is 3.51. The fourth-order valence-electron chi connectivity index (χ4n) is 3.51. The molecule has 1 N–H and O–H groups in total. The van der Waals surface area contributed by atoms with Crippen LogP contribution in [0.15, 0.2) is 59.8 Å². The summed E-state index contributed by atoms with van der Waals surface area (Å²) in [5.41, 5.74) is 1.21. The lowest BCUT2D eigenvalue weighted by Crippen LogP contribution is -2.33. The number of aromatic nitrogens is 4. The lowest BCUT2D eigenvalue weighted by Gasteiger charge is -2.28. The number of carbonyl (C=O) groups excluding carboxylic acids is 3. The second-order valence-electron chi connectivity index (χ2n) is 6.93. The molecule has 168 valence electrons. The summed E-state index contributed by atoms with van der Waals surface area (Å²) in [4.78, 5) is 38.2. The molecule has 1 atom stereocenters. The maximum Gasteiger partial charge on any atom is 0.355 e. The van der Waals surface area contributed by atoms with Crippen LogP contribution in [0, 0.1) is 0 Å². The SMILES string of the molecule is COC(=O)C1=C(C(=O)c2ccc(OC)cc2)[C@H](c2ccc(C(=O)OC)cc2)n2nnnc2N1. The van der Waals surface area contributed by atoms with E-state index < -0.39 is 23.8 Å². The highest BCUT2D eigenvalue weighted by Gasteiger charge is 2.38. The normalized spacial score (nSPS) is 14.7. The van der Waals surface area contributed by atoms with Crippen LogP contribution in [0.2, 0.25) is 0 Å². The van der Waals surface area contributed by atoms with Gasteiger partial charge in [-0.1, -0.05) is 17.2 Å². The van der Waals surface area contributed by atoms with Crippen LogP contribution in [0.1, 0.15) is 32.3 Å². The highest BCUT2D eigenvalue weighted by molar-refractivity contribution is 6.15. The van der Waals surface area contributed by atoms with E-state index in [2.05, 4.69) is 20.8 Å². The molecule has 0 fully saturated rings. The van der Waals surface area contributed by atoms with Crippen LogP contribution in [0.5, 0.6) is 5.75 Å². The number of hydrogen-bond donors (Lipinski definition) is 1. The summed E-state index contributed by atoms with van der Waals surface area (Å²) in [6.07, 6.45) is 0. The van der Waals surface area contributed by atoms with Crippen molar-refractivity contribution in [3.63, 3.8) is 0 Å². The predicted octanol–water partition coefficient (Wildman–Crippen LogP) is 1.79. The van der Waals surface area contributed by atoms with Gasteiger partial charge >= 0.3 is 11.9 Å². The molecule has 0 aliphatic carbocycles. The highest BCUT2D eigenvalue weighted by atomic mass is 16.5. The number of rotatable bonds is 6. The molecule has 1 aliphatic heterocycles. The number of ether oxygens (including phenoxy) is 3. The van der Waals surface area contributed by atoms with E-state index in [0.717, 1.165) is 0 Å². The number of fused-ring (bicyclic) bond motifs is 1. The lowest BCUT2D eigenvalue weighted by atomic mass is 9.89. The topological polar surface area (TPSA) is 135 Å². The quantitative estimate of drug-likeness (QED) is 0.438. The number of hydrogen-bond acceptors (Lipinski definition) is 10. The maximum atomic E-state index is 13.7. The third-order valence-electron chi connectivity index (χ3n) is 5.15. The first-order valence-corrected chi connectivity index (χ1v) is 9.72. The Kier molecular flexibility index (Phi) is 5.85. The second kappa shape index (κ2) is 8.91. The summed E-state index contributed by atoms with van der Waals surface area (Å²) in [7, 11) is 4.02. The minimum atomic E-state index is -0.869. The highest BCUT2D eigenvalue weighted by Crippen LogP contribution is 2.37. The number of benzene rings is 2. The smallest absolute Gasteiger partial charge is 0.355 e. The standard InChI is InChI=1S/C22H19N5O6/c1-31-15-10-8-13(9-11-15)19(28)16-17(21(30)33-3)23-22-24-25-26-27(22)18(16)12-4-6-14(7-5-12)20(29)32-2/h4-11,18H,1-3H3,(H,23,24,26)/t18-/m0/s1. The van der Waals surface area contributed by atoms with Crippen molar-refractivity contribution in [3.05, 3.63) is 76.5 Å². The molecule has 3 aromatic rings. The first kappa shape index (κ1) is 21.7. The number of ketones is 1. The van der Waals surface area contributed by atoms with E-state index in [-0.39, 0.29) is 17.2 Å². The Balaban J connectivity index is 1.88. The molecule has 4 rings (SSSR count). The summed E-state index contributed by atoms with van der Waals surface area (Å²) in [5.74, 6) is -0.960. The summed E-state index contributed by atoms with van der Waals surface area (Å²) in [6, 6.07) is 12.0. The number of allylic oxidation sites excluding steroid dienone is 1. The largest absolute Gasteiger partial charge is 0.497 e. The number of nitrogens with one attached hydrogen (secondary N) is 1. The van der Waals surface area contributed by atoms with Crippen LogP contribution >= 0.6 is 0 Å². The Morgan fingerprint density at radius 3 is 2.12 bits per heavy atom. The third kappa shape index (κ3) is 3.91. The summed E-state index contributed by atoms with van der Waals surface area (Å²) >= 11 is 0. The number of Topliss-reactive ketones (excluding diaryl/α,β-unsaturated/α-hetero) is 1. The van der Waals surface area contributed by atoms with Crippen molar-refractivity contribution in [2.24, 2.45) is 0 Å². The summed E-state index contributed by atoms with van der Waals surface area (Å²) in [6.45, 7) is 0. The van der Waals surface area contributed by atoms with E-state index in [0.29, 0.717) is 22.4 Å². The molecule has 0 bridgehead atoms. The van der Waals surface area contributed by atoms with Crippen molar-refractivity contribution in [2.75, 3.05) is 26.6 Å². The van der Waals surface area contributed by atoms with E-state index in [1.165, 1.54) is 26.0 Å². The maximum absolute atomic E-state index is 13.7. The van der Waals surface area contributed by atoms with E-state index >= 15 is 0 Å². The second-order valence-corrected chi connectivity index (χ2v) is 6.93. The van der Waals surface area contributed by atoms with Crippen molar-refractivity contribution < 1.29 is 28.6 Å². The zero-order valence-electron chi connectivity index (χ0n) is 17.9. The van der Waals surface area contributed by atoms with Crippen molar-refractivity contribution in [1.29, 1.82) is 0 Å². The van der Waals surface area contributed by atoms with Gasteiger partial charge in [-0.25, -0.2) is 9.59 Å². The Morgan fingerprint density at radius 2 is 1.52 bits per heavy atom. The average Bonchev–Trinajstić information content (AvgIpc) is 3.34. The molecule has 0 radical (unpaired) electrons. The average molecular weight is 449 g/mol. The Bertz CT molecular complexity index is 1250. The van der Waals surface area contributed by atoms with Crippen LogP contribution in [0.25, 0.3) is 0 Å². The van der Waals surface area contributed by atoms with Gasteiger partial charge in [-0.3, -0.25) is 4.79 Å². The molecule has 0 spiro atoms. The summed E-state index contributed by atoms with van der Waals surface area (Å²) in [5, 5.41) is 14.4. The molecule has 1 aliphatic rings. The molecule has 2 heterocycles. The molecule has 0 saturated carbocycles. The minimum Gasteiger partial charge on any atom is -0.497 e. The van der Waals surface area contributed by atoms with Gasteiger partial charge in [-0.15, -0.1) is 0 Å².